The highest BCUT2D eigenvalue weighted by Crippen LogP contribution is 2.28. The van der Waals surface area contributed by atoms with Gasteiger partial charge in [-0.1, -0.05) is 48.0 Å². The third-order valence-electron chi connectivity index (χ3n) is 4.24. The number of oxazole rings is 1. The molecule has 0 atom stereocenters. The molecule has 5 heteroatoms. The summed E-state index contributed by atoms with van der Waals surface area (Å²) in [6, 6.07) is 15.6. The van der Waals surface area contributed by atoms with E-state index in [1.54, 1.807) is 12.3 Å². The SMILES string of the molecule is Cc1ccccc1CCNC(=O)CCc1ncc(-c2ccccc2Cl)o1. The summed E-state index contributed by atoms with van der Waals surface area (Å²) in [7, 11) is 0. The van der Waals surface area contributed by atoms with Crippen LogP contribution in [0.5, 0.6) is 0 Å². The van der Waals surface area contributed by atoms with Crippen LogP contribution in [0.4, 0.5) is 0 Å². The topological polar surface area (TPSA) is 55.1 Å². The van der Waals surface area contributed by atoms with E-state index in [0.29, 0.717) is 36.1 Å². The van der Waals surface area contributed by atoms with Gasteiger partial charge in [-0.25, -0.2) is 4.98 Å². The number of amides is 1. The van der Waals surface area contributed by atoms with Crippen LogP contribution in [0.15, 0.2) is 59.1 Å². The predicted molar refractivity (Wildman–Crippen MR) is 103 cm³/mol. The van der Waals surface area contributed by atoms with Crippen LogP contribution >= 0.6 is 11.6 Å². The summed E-state index contributed by atoms with van der Waals surface area (Å²) in [4.78, 5) is 16.3. The van der Waals surface area contributed by atoms with Crippen LogP contribution in [0.3, 0.4) is 0 Å². The molecule has 0 aliphatic carbocycles. The van der Waals surface area contributed by atoms with Gasteiger partial charge < -0.3 is 9.73 Å². The van der Waals surface area contributed by atoms with Gasteiger partial charge in [0.05, 0.1) is 11.2 Å². The third kappa shape index (κ3) is 4.73. The molecule has 134 valence electrons. The molecule has 4 nitrogen and oxygen atoms in total. The van der Waals surface area contributed by atoms with Crippen molar-refractivity contribution < 1.29 is 9.21 Å². The van der Waals surface area contributed by atoms with E-state index in [9.17, 15) is 4.79 Å². The maximum Gasteiger partial charge on any atom is 0.220 e. The highest BCUT2D eigenvalue weighted by Gasteiger charge is 2.11. The zero-order valence-corrected chi connectivity index (χ0v) is 15.4. The van der Waals surface area contributed by atoms with Gasteiger partial charge in [0.15, 0.2) is 11.7 Å². The first kappa shape index (κ1) is 18.2. The zero-order chi connectivity index (χ0) is 18.4. The number of hydrogen-bond acceptors (Lipinski definition) is 3. The minimum atomic E-state index is -0.00363. The molecule has 0 unspecified atom stereocenters. The van der Waals surface area contributed by atoms with E-state index in [1.165, 1.54) is 11.1 Å². The first-order valence-corrected chi connectivity index (χ1v) is 9.02. The Morgan fingerprint density at radius 2 is 1.88 bits per heavy atom. The van der Waals surface area contributed by atoms with Crippen molar-refractivity contribution in [1.82, 2.24) is 10.3 Å². The van der Waals surface area contributed by atoms with E-state index in [2.05, 4.69) is 29.4 Å². The molecule has 0 bridgehead atoms. The lowest BCUT2D eigenvalue weighted by Crippen LogP contribution is -2.26. The van der Waals surface area contributed by atoms with Crippen LogP contribution in [-0.2, 0) is 17.6 Å². The van der Waals surface area contributed by atoms with Crippen molar-refractivity contribution >= 4 is 17.5 Å². The number of nitrogens with zero attached hydrogens (tertiary/aromatic N) is 1. The molecule has 26 heavy (non-hydrogen) atoms. The Bertz CT molecular complexity index is 889. The first-order valence-electron chi connectivity index (χ1n) is 8.64. The van der Waals surface area contributed by atoms with E-state index in [1.807, 2.05) is 30.3 Å². The molecule has 0 fully saturated rings. The van der Waals surface area contributed by atoms with Gasteiger partial charge in [-0.3, -0.25) is 4.79 Å². The van der Waals surface area contributed by atoms with E-state index < -0.39 is 0 Å². The van der Waals surface area contributed by atoms with Crippen molar-refractivity contribution in [3.63, 3.8) is 0 Å². The summed E-state index contributed by atoms with van der Waals surface area (Å²) in [5.74, 6) is 1.15. The van der Waals surface area contributed by atoms with Crippen LogP contribution in [-0.4, -0.2) is 17.4 Å². The second-order valence-corrected chi connectivity index (χ2v) is 6.53. The monoisotopic (exact) mass is 368 g/mol. The van der Waals surface area contributed by atoms with Gasteiger partial charge in [-0.2, -0.15) is 0 Å². The summed E-state index contributed by atoms with van der Waals surface area (Å²) in [5, 5.41) is 3.56. The number of carbonyl (C=O) groups is 1. The van der Waals surface area contributed by atoms with E-state index in [-0.39, 0.29) is 5.91 Å². The summed E-state index contributed by atoms with van der Waals surface area (Å²) >= 11 is 6.16. The van der Waals surface area contributed by atoms with E-state index in [4.69, 9.17) is 16.0 Å². The Morgan fingerprint density at radius 1 is 1.12 bits per heavy atom. The molecule has 0 aliphatic rings. The molecule has 3 aromatic rings. The normalized spacial score (nSPS) is 10.7. The third-order valence-corrected chi connectivity index (χ3v) is 4.57. The number of carbonyl (C=O) groups excluding carboxylic acids is 1. The zero-order valence-electron chi connectivity index (χ0n) is 14.7. The number of aryl methyl sites for hydroxylation is 2. The Morgan fingerprint density at radius 3 is 2.69 bits per heavy atom. The van der Waals surface area contributed by atoms with E-state index >= 15 is 0 Å². The molecule has 1 aromatic heterocycles. The van der Waals surface area contributed by atoms with Gasteiger partial charge in [0, 0.05) is 24.9 Å². The number of halogens is 1. The van der Waals surface area contributed by atoms with Gasteiger partial charge >= 0.3 is 0 Å². The molecule has 0 spiro atoms. The lowest BCUT2D eigenvalue weighted by molar-refractivity contribution is -0.121. The minimum Gasteiger partial charge on any atom is -0.441 e. The minimum absolute atomic E-state index is 0.00363. The Kier molecular flexibility index (Phi) is 6.08. The maximum absolute atomic E-state index is 12.0. The average molecular weight is 369 g/mol. The molecule has 1 amide bonds. The van der Waals surface area contributed by atoms with Crippen molar-refractivity contribution in [2.75, 3.05) is 6.54 Å². The number of rotatable bonds is 7. The van der Waals surface area contributed by atoms with Crippen LogP contribution < -0.4 is 5.32 Å². The summed E-state index contributed by atoms with van der Waals surface area (Å²) in [6.07, 6.45) is 3.28. The molecule has 0 saturated heterocycles. The lowest BCUT2D eigenvalue weighted by atomic mass is 10.1. The van der Waals surface area contributed by atoms with Gasteiger partial charge in [0.25, 0.3) is 0 Å². The highest BCUT2D eigenvalue weighted by molar-refractivity contribution is 6.33. The molecule has 2 aromatic carbocycles. The van der Waals surface area contributed by atoms with Crippen molar-refractivity contribution in [2.45, 2.75) is 26.2 Å². The van der Waals surface area contributed by atoms with Crippen LogP contribution in [0.25, 0.3) is 11.3 Å². The second-order valence-electron chi connectivity index (χ2n) is 6.12. The molecule has 0 radical (unpaired) electrons. The number of hydrogen-bond donors (Lipinski definition) is 1. The largest absolute Gasteiger partial charge is 0.441 e. The Labute approximate surface area is 158 Å². The maximum atomic E-state index is 12.0. The van der Waals surface area contributed by atoms with Crippen LogP contribution in [0.1, 0.15) is 23.4 Å². The highest BCUT2D eigenvalue weighted by atomic mass is 35.5. The van der Waals surface area contributed by atoms with Crippen molar-refractivity contribution in [2.24, 2.45) is 0 Å². The van der Waals surface area contributed by atoms with E-state index in [0.717, 1.165) is 12.0 Å². The molecule has 1 heterocycles. The van der Waals surface area contributed by atoms with Gasteiger partial charge in [0.1, 0.15) is 0 Å². The number of aromatic nitrogens is 1. The molecule has 0 saturated carbocycles. The molecule has 1 N–H and O–H groups in total. The van der Waals surface area contributed by atoms with Gasteiger partial charge in [0.2, 0.25) is 5.91 Å². The number of benzene rings is 2. The predicted octanol–water partition coefficient (Wildman–Crippen LogP) is 4.59. The standard InChI is InChI=1S/C21H21ClN2O2/c1-15-6-2-3-7-16(15)12-13-23-20(25)10-11-21-24-14-19(26-21)17-8-4-5-9-18(17)22/h2-9,14H,10-13H2,1H3,(H,23,25). The van der Waals surface area contributed by atoms with Crippen molar-refractivity contribution in [3.05, 3.63) is 76.8 Å². The molecule has 3 rings (SSSR count). The number of nitrogens with one attached hydrogen (secondary N) is 1. The average Bonchev–Trinajstić information content (AvgIpc) is 3.11. The van der Waals surface area contributed by atoms with Crippen LogP contribution in [0.2, 0.25) is 5.02 Å². The smallest absolute Gasteiger partial charge is 0.220 e. The summed E-state index contributed by atoms with van der Waals surface area (Å²) in [5.41, 5.74) is 3.30. The first-order chi connectivity index (χ1) is 12.6. The van der Waals surface area contributed by atoms with Crippen molar-refractivity contribution in [3.8, 4) is 11.3 Å². The molecule has 0 aliphatic heterocycles. The van der Waals surface area contributed by atoms with Crippen LogP contribution in [0, 0.1) is 6.92 Å². The second kappa shape index (κ2) is 8.68. The molecular weight excluding hydrogens is 348 g/mol. The fourth-order valence-corrected chi connectivity index (χ4v) is 2.98. The van der Waals surface area contributed by atoms with Crippen molar-refractivity contribution in [1.29, 1.82) is 0 Å². The van der Waals surface area contributed by atoms with Gasteiger partial charge in [-0.05, 0) is 36.6 Å². The Hall–Kier alpha value is -2.59. The van der Waals surface area contributed by atoms with Gasteiger partial charge in [-0.15, -0.1) is 0 Å². The summed E-state index contributed by atoms with van der Waals surface area (Å²) in [6.45, 7) is 2.70. The summed E-state index contributed by atoms with van der Waals surface area (Å²) < 4.78 is 5.71. The fraction of sp³-hybridized carbons (Fsp3) is 0.238. The molecular formula is C21H21ClN2O2. The lowest BCUT2D eigenvalue weighted by Gasteiger charge is -2.07. The fourth-order valence-electron chi connectivity index (χ4n) is 2.75. The quantitative estimate of drug-likeness (QED) is 0.663. The Balaban J connectivity index is 1.46.